The molecule has 94 valence electrons. The zero-order valence-electron chi connectivity index (χ0n) is 10.1. The number of rotatable bonds is 3. The van der Waals surface area contributed by atoms with Gasteiger partial charge in [-0.2, -0.15) is 0 Å². The summed E-state index contributed by atoms with van der Waals surface area (Å²) >= 11 is 1.13. The molecule has 2 aromatic rings. The predicted octanol–water partition coefficient (Wildman–Crippen LogP) is 3.13. The molecule has 1 aromatic heterocycles. The normalized spacial score (nSPS) is 12.4. The molecule has 0 spiro atoms. The van der Waals surface area contributed by atoms with E-state index in [-0.39, 0.29) is 5.82 Å². The Balaban J connectivity index is 2.39. The van der Waals surface area contributed by atoms with E-state index >= 15 is 0 Å². The first-order chi connectivity index (χ1) is 8.58. The number of benzene rings is 1. The summed E-state index contributed by atoms with van der Waals surface area (Å²) in [4.78, 5) is 8.67. The lowest BCUT2D eigenvalue weighted by Crippen LogP contribution is -1.98. The monoisotopic (exact) mass is 264 g/mol. The topological polar surface area (TPSA) is 46.0 Å². The van der Waals surface area contributed by atoms with Crippen LogP contribution in [0, 0.1) is 12.7 Å². The Morgan fingerprint density at radius 1 is 1.33 bits per heavy atom. The quantitative estimate of drug-likeness (QED) is 0.865. The van der Waals surface area contributed by atoms with E-state index in [0.717, 1.165) is 17.5 Å². The van der Waals surface area contributed by atoms with E-state index in [4.69, 9.17) is 0 Å². The van der Waals surface area contributed by atoms with Crippen molar-refractivity contribution in [2.45, 2.75) is 30.0 Å². The summed E-state index contributed by atoms with van der Waals surface area (Å²) in [7, 11) is 0. The number of halogens is 1. The van der Waals surface area contributed by atoms with Gasteiger partial charge in [-0.25, -0.2) is 14.4 Å². The van der Waals surface area contributed by atoms with Crippen molar-refractivity contribution >= 4 is 11.8 Å². The number of nitrogens with zero attached hydrogens (tertiary/aromatic N) is 2. The smallest absolute Gasteiger partial charge is 0.192 e. The Kier molecular flexibility index (Phi) is 3.93. The van der Waals surface area contributed by atoms with E-state index in [2.05, 4.69) is 9.97 Å². The zero-order chi connectivity index (χ0) is 13.1. The molecule has 0 radical (unpaired) electrons. The zero-order valence-corrected chi connectivity index (χ0v) is 10.9. The lowest BCUT2D eigenvalue weighted by atomic mass is 10.1. The maximum Gasteiger partial charge on any atom is 0.192 e. The minimum Gasteiger partial charge on any atom is -0.389 e. The predicted molar refractivity (Wildman–Crippen MR) is 67.9 cm³/mol. The molecule has 0 fully saturated rings. The molecular formula is C13H13FN2OS. The van der Waals surface area contributed by atoms with Gasteiger partial charge in [-0.05, 0) is 43.3 Å². The molecule has 0 unspecified atom stereocenters. The van der Waals surface area contributed by atoms with Crippen molar-refractivity contribution in [2.75, 3.05) is 0 Å². The maximum atomic E-state index is 13.8. The number of aryl methyl sites for hydroxylation is 1. The lowest BCUT2D eigenvalue weighted by molar-refractivity contribution is 0.195. The fourth-order valence-electron chi connectivity index (χ4n) is 1.53. The standard InChI is InChI=1S/C13H13FN2OS/c1-8-6-7-15-13(16-8)18-12-10(9(2)17)4-3-5-11(12)14/h3-7,9,17H,1-2H3/t9-/m0/s1. The van der Waals surface area contributed by atoms with Crippen molar-refractivity contribution in [1.29, 1.82) is 0 Å². The van der Waals surface area contributed by atoms with Crippen molar-refractivity contribution in [3.63, 3.8) is 0 Å². The fraction of sp³-hybridized carbons (Fsp3) is 0.231. The number of aliphatic hydroxyl groups is 1. The van der Waals surface area contributed by atoms with Crippen LogP contribution in [0.2, 0.25) is 0 Å². The summed E-state index contributed by atoms with van der Waals surface area (Å²) in [5, 5.41) is 10.1. The highest BCUT2D eigenvalue weighted by atomic mass is 32.2. The van der Waals surface area contributed by atoms with E-state index in [0.29, 0.717) is 15.6 Å². The highest BCUT2D eigenvalue weighted by Gasteiger charge is 2.14. The van der Waals surface area contributed by atoms with Gasteiger partial charge in [0.1, 0.15) is 5.82 Å². The fourth-order valence-corrected chi connectivity index (χ4v) is 2.54. The van der Waals surface area contributed by atoms with E-state index < -0.39 is 6.10 Å². The van der Waals surface area contributed by atoms with Gasteiger partial charge in [0.2, 0.25) is 0 Å². The summed E-state index contributed by atoms with van der Waals surface area (Å²) in [6.07, 6.45) is 0.904. The average molecular weight is 264 g/mol. The molecule has 0 amide bonds. The summed E-state index contributed by atoms with van der Waals surface area (Å²) in [5.74, 6) is -0.372. The van der Waals surface area contributed by atoms with Crippen molar-refractivity contribution in [3.8, 4) is 0 Å². The molecule has 0 aliphatic carbocycles. The van der Waals surface area contributed by atoms with Crippen LogP contribution in [0.1, 0.15) is 24.3 Å². The average Bonchev–Trinajstić information content (AvgIpc) is 2.31. The minimum atomic E-state index is -0.729. The number of aromatic nitrogens is 2. The van der Waals surface area contributed by atoms with Gasteiger partial charge in [0.25, 0.3) is 0 Å². The van der Waals surface area contributed by atoms with Crippen molar-refractivity contribution in [1.82, 2.24) is 9.97 Å². The molecule has 2 rings (SSSR count). The second-order valence-corrected chi connectivity index (χ2v) is 4.89. The number of aliphatic hydroxyl groups excluding tert-OH is 1. The number of hydrogen-bond donors (Lipinski definition) is 1. The first-order valence-corrected chi connectivity index (χ1v) is 6.33. The summed E-state index contributed by atoms with van der Waals surface area (Å²) in [6.45, 7) is 3.46. The van der Waals surface area contributed by atoms with Crippen LogP contribution >= 0.6 is 11.8 Å². The van der Waals surface area contributed by atoms with Crippen LogP contribution in [-0.2, 0) is 0 Å². The number of hydrogen-bond acceptors (Lipinski definition) is 4. The summed E-state index contributed by atoms with van der Waals surface area (Å²) < 4.78 is 13.8. The Morgan fingerprint density at radius 2 is 2.11 bits per heavy atom. The van der Waals surface area contributed by atoms with Crippen LogP contribution < -0.4 is 0 Å². The van der Waals surface area contributed by atoms with Gasteiger partial charge >= 0.3 is 0 Å². The molecule has 1 aromatic carbocycles. The first kappa shape index (κ1) is 13.0. The highest BCUT2D eigenvalue weighted by molar-refractivity contribution is 7.99. The Hall–Kier alpha value is -1.46. The minimum absolute atomic E-state index is 0.372. The molecule has 0 bridgehead atoms. The first-order valence-electron chi connectivity index (χ1n) is 5.52. The van der Waals surface area contributed by atoms with Crippen LogP contribution in [0.3, 0.4) is 0 Å². The molecule has 5 heteroatoms. The van der Waals surface area contributed by atoms with Gasteiger partial charge in [-0.3, -0.25) is 0 Å². The summed E-state index contributed by atoms with van der Waals surface area (Å²) in [5.41, 5.74) is 1.37. The van der Waals surface area contributed by atoms with Gasteiger partial charge in [0.05, 0.1) is 11.0 Å². The third-order valence-electron chi connectivity index (χ3n) is 2.41. The highest BCUT2D eigenvalue weighted by Crippen LogP contribution is 2.33. The molecule has 0 aliphatic rings. The molecule has 1 atom stereocenters. The van der Waals surface area contributed by atoms with Crippen molar-refractivity contribution in [3.05, 3.63) is 47.5 Å². The Bertz CT molecular complexity index is 560. The van der Waals surface area contributed by atoms with Crippen LogP contribution in [0.25, 0.3) is 0 Å². The van der Waals surface area contributed by atoms with E-state index in [9.17, 15) is 9.50 Å². The second kappa shape index (κ2) is 5.46. The molecule has 3 nitrogen and oxygen atoms in total. The SMILES string of the molecule is Cc1ccnc(Sc2c(F)cccc2[C@H](C)O)n1. The van der Waals surface area contributed by atoms with Crippen LogP contribution in [0.15, 0.2) is 40.5 Å². The molecule has 1 N–H and O–H groups in total. The largest absolute Gasteiger partial charge is 0.389 e. The maximum absolute atomic E-state index is 13.8. The van der Waals surface area contributed by atoms with E-state index in [1.54, 1.807) is 31.3 Å². The van der Waals surface area contributed by atoms with Crippen LogP contribution in [0.5, 0.6) is 0 Å². The van der Waals surface area contributed by atoms with Crippen molar-refractivity contribution < 1.29 is 9.50 Å². The molecule has 0 saturated carbocycles. The van der Waals surface area contributed by atoms with Gasteiger partial charge in [0.15, 0.2) is 5.16 Å². The molecule has 1 heterocycles. The van der Waals surface area contributed by atoms with Gasteiger partial charge in [0, 0.05) is 11.9 Å². The van der Waals surface area contributed by atoms with Gasteiger partial charge in [-0.15, -0.1) is 0 Å². The van der Waals surface area contributed by atoms with Crippen LogP contribution in [0.4, 0.5) is 4.39 Å². The molecule has 0 saturated heterocycles. The third-order valence-corrected chi connectivity index (χ3v) is 3.43. The molecule has 0 aliphatic heterocycles. The Morgan fingerprint density at radius 3 is 2.78 bits per heavy atom. The lowest BCUT2D eigenvalue weighted by Gasteiger charge is -2.11. The van der Waals surface area contributed by atoms with Gasteiger partial charge < -0.3 is 5.11 Å². The van der Waals surface area contributed by atoms with Crippen molar-refractivity contribution in [2.24, 2.45) is 0 Å². The molecular weight excluding hydrogens is 251 g/mol. The third kappa shape index (κ3) is 2.86. The van der Waals surface area contributed by atoms with Gasteiger partial charge in [-0.1, -0.05) is 12.1 Å². The molecule has 18 heavy (non-hydrogen) atoms. The summed E-state index contributed by atoms with van der Waals surface area (Å²) in [6, 6.07) is 6.43. The van der Waals surface area contributed by atoms with E-state index in [1.807, 2.05) is 6.92 Å². The Labute approximate surface area is 109 Å². The second-order valence-electron chi connectivity index (χ2n) is 3.92. The van der Waals surface area contributed by atoms with E-state index in [1.165, 1.54) is 6.07 Å². The van der Waals surface area contributed by atoms with Crippen LogP contribution in [-0.4, -0.2) is 15.1 Å².